The number of benzene rings is 1. The van der Waals surface area contributed by atoms with E-state index in [4.69, 9.17) is 9.52 Å². The van der Waals surface area contributed by atoms with Crippen molar-refractivity contribution in [2.75, 3.05) is 0 Å². The van der Waals surface area contributed by atoms with Crippen molar-refractivity contribution in [2.24, 2.45) is 0 Å². The Morgan fingerprint density at radius 3 is 3.09 bits per heavy atom. The molecule has 0 aliphatic heterocycles. The third-order valence-electron chi connectivity index (χ3n) is 3.69. The minimum absolute atomic E-state index is 0.0532. The second-order valence-corrected chi connectivity index (χ2v) is 6.02. The maximum atomic E-state index is 11.3. The smallest absolute Gasteiger partial charge is 0.417 e. The molecule has 23 heavy (non-hydrogen) atoms. The summed E-state index contributed by atoms with van der Waals surface area (Å²) in [6, 6.07) is 5.37. The van der Waals surface area contributed by atoms with Crippen molar-refractivity contribution in [1.29, 1.82) is 0 Å². The van der Waals surface area contributed by atoms with Crippen molar-refractivity contribution in [2.45, 2.75) is 13.3 Å². The summed E-state index contributed by atoms with van der Waals surface area (Å²) in [5, 5.41) is 10.8. The van der Waals surface area contributed by atoms with Crippen LogP contribution in [-0.4, -0.2) is 25.4 Å². The van der Waals surface area contributed by atoms with E-state index in [9.17, 15) is 9.59 Å². The number of rotatable bonds is 3. The molecule has 0 spiro atoms. The maximum absolute atomic E-state index is 11.3. The number of carboxylic acid groups (broad SMARTS) is 1. The molecule has 0 bridgehead atoms. The van der Waals surface area contributed by atoms with Gasteiger partial charge in [0.15, 0.2) is 10.5 Å². The van der Waals surface area contributed by atoms with Crippen LogP contribution in [0.15, 0.2) is 32.8 Å². The van der Waals surface area contributed by atoms with Crippen LogP contribution in [0.25, 0.3) is 27.3 Å². The molecule has 0 saturated heterocycles. The van der Waals surface area contributed by atoms with Crippen LogP contribution >= 0.6 is 11.3 Å². The van der Waals surface area contributed by atoms with Gasteiger partial charge >= 0.3 is 11.7 Å². The Morgan fingerprint density at radius 2 is 2.30 bits per heavy atom. The predicted molar refractivity (Wildman–Crippen MR) is 85.0 cm³/mol. The average molecular weight is 329 g/mol. The molecule has 0 saturated carbocycles. The minimum Gasteiger partial charge on any atom is -0.481 e. The lowest BCUT2D eigenvalue weighted by molar-refractivity contribution is -0.136. The van der Waals surface area contributed by atoms with E-state index in [-0.39, 0.29) is 6.42 Å². The second kappa shape index (κ2) is 4.82. The van der Waals surface area contributed by atoms with Gasteiger partial charge in [-0.1, -0.05) is 6.07 Å². The highest BCUT2D eigenvalue weighted by Gasteiger charge is 2.17. The summed E-state index contributed by atoms with van der Waals surface area (Å²) in [7, 11) is 0. The van der Waals surface area contributed by atoms with E-state index in [1.165, 1.54) is 11.3 Å². The highest BCUT2D eigenvalue weighted by atomic mass is 32.1. The molecule has 0 radical (unpaired) electrons. The SMILES string of the molecule is Cc1c(-c2ccc3[nH]c(=O)oc3c2)nc2scc(CC(=O)O)n12. The summed E-state index contributed by atoms with van der Waals surface area (Å²) in [6.45, 7) is 1.89. The monoisotopic (exact) mass is 329 g/mol. The molecule has 3 aromatic heterocycles. The molecular weight excluding hydrogens is 318 g/mol. The molecule has 0 fully saturated rings. The molecule has 3 heterocycles. The van der Waals surface area contributed by atoms with Gasteiger partial charge in [0, 0.05) is 22.3 Å². The zero-order valence-corrected chi connectivity index (χ0v) is 12.8. The summed E-state index contributed by atoms with van der Waals surface area (Å²) in [6.07, 6.45) is -0.0532. The number of hydrogen-bond acceptors (Lipinski definition) is 5. The number of H-pyrrole nitrogens is 1. The van der Waals surface area contributed by atoms with Crippen LogP contribution in [0.5, 0.6) is 0 Å². The van der Waals surface area contributed by atoms with Crippen LogP contribution in [0.2, 0.25) is 0 Å². The van der Waals surface area contributed by atoms with Crippen LogP contribution in [0, 0.1) is 6.92 Å². The quantitative estimate of drug-likeness (QED) is 0.601. The van der Waals surface area contributed by atoms with Crippen LogP contribution in [0.3, 0.4) is 0 Å². The first kappa shape index (κ1) is 13.8. The molecule has 4 rings (SSSR count). The topological polar surface area (TPSA) is 101 Å². The van der Waals surface area contributed by atoms with Gasteiger partial charge in [-0.3, -0.25) is 14.2 Å². The summed E-state index contributed by atoms with van der Waals surface area (Å²) < 4.78 is 6.93. The number of aliphatic carboxylic acids is 1. The number of oxazole rings is 1. The molecule has 0 atom stereocenters. The molecule has 0 unspecified atom stereocenters. The zero-order valence-electron chi connectivity index (χ0n) is 12.0. The van der Waals surface area contributed by atoms with Crippen molar-refractivity contribution >= 4 is 33.4 Å². The Morgan fingerprint density at radius 1 is 1.48 bits per heavy atom. The van der Waals surface area contributed by atoms with Crippen LogP contribution < -0.4 is 5.76 Å². The predicted octanol–water partition coefficient (Wildman–Crippen LogP) is 2.43. The van der Waals surface area contributed by atoms with Crippen molar-refractivity contribution in [3.63, 3.8) is 0 Å². The van der Waals surface area contributed by atoms with Crippen molar-refractivity contribution in [3.8, 4) is 11.3 Å². The Labute approximate surface area is 132 Å². The largest absolute Gasteiger partial charge is 0.481 e. The molecule has 0 amide bonds. The molecule has 0 aliphatic rings. The Kier molecular flexibility index (Phi) is 2.88. The molecule has 2 N–H and O–H groups in total. The first-order valence-electron chi connectivity index (χ1n) is 6.83. The van der Waals surface area contributed by atoms with Gasteiger partial charge in [0.05, 0.1) is 17.6 Å². The maximum Gasteiger partial charge on any atom is 0.417 e. The van der Waals surface area contributed by atoms with Crippen LogP contribution in [-0.2, 0) is 11.2 Å². The number of aromatic nitrogens is 3. The van der Waals surface area contributed by atoms with E-state index in [0.29, 0.717) is 16.8 Å². The lowest BCUT2D eigenvalue weighted by atomic mass is 10.1. The lowest BCUT2D eigenvalue weighted by Crippen LogP contribution is -2.03. The molecule has 8 heteroatoms. The molecule has 4 aromatic rings. The van der Waals surface area contributed by atoms with Crippen LogP contribution in [0.1, 0.15) is 11.4 Å². The summed E-state index contributed by atoms with van der Waals surface area (Å²) in [5.41, 5.74) is 4.21. The number of hydrogen-bond donors (Lipinski definition) is 2. The first-order chi connectivity index (χ1) is 11.0. The summed E-state index contributed by atoms with van der Waals surface area (Å²) in [4.78, 5) is 30.1. The van der Waals surface area contributed by atoms with Crippen molar-refractivity contribution in [3.05, 3.63) is 45.5 Å². The number of imidazole rings is 1. The number of carboxylic acids is 1. The summed E-state index contributed by atoms with van der Waals surface area (Å²) >= 11 is 1.40. The van der Waals surface area contributed by atoms with E-state index < -0.39 is 11.7 Å². The average Bonchev–Trinajstić information content (AvgIpc) is 3.13. The molecule has 1 aromatic carbocycles. The van der Waals surface area contributed by atoms with E-state index in [0.717, 1.165) is 21.9 Å². The lowest BCUT2D eigenvalue weighted by Gasteiger charge is -2.01. The minimum atomic E-state index is -0.880. The number of thiazole rings is 1. The van der Waals surface area contributed by atoms with Gasteiger partial charge < -0.3 is 9.52 Å². The zero-order chi connectivity index (χ0) is 16.1. The highest BCUT2D eigenvalue weighted by Crippen LogP contribution is 2.29. The van der Waals surface area contributed by atoms with Gasteiger partial charge in [-0.2, -0.15) is 0 Å². The van der Waals surface area contributed by atoms with Gasteiger partial charge in [-0.15, -0.1) is 11.3 Å². The van der Waals surface area contributed by atoms with E-state index in [1.807, 2.05) is 22.8 Å². The standard InChI is InChI=1S/C15H11N3O4S/c1-7-13(8-2-3-10-11(4-8)22-15(21)16-10)17-14-18(7)9(6-23-14)5-12(19)20/h2-4,6H,5H2,1H3,(H,16,21)(H,19,20). The Hall–Kier alpha value is -2.87. The number of nitrogens with zero attached hydrogens (tertiary/aromatic N) is 2. The Balaban J connectivity index is 1.90. The number of nitrogens with one attached hydrogen (secondary N) is 1. The number of carbonyl (C=O) groups is 1. The van der Waals surface area contributed by atoms with Crippen LogP contribution in [0.4, 0.5) is 0 Å². The second-order valence-electron chi connectivity index (χ2n) is 5.19. The van der Waals surface area contributed by atoms with Gasteiger partial charge in [0.25, 0.3) is 0 Å². The van der Waals surface area contributed by atoms with E-state index in [2.05, 4.69) is 9.97 Å². The van der Waals surface area contributed by atoms with Gasteiger partial charge in [-0.25, -0.2) is 9.78 Å². The normalized spacial score (nSPS) is 11.5. The fourth-order valence-electron chi connectivity index (χ4n) is 2.71. The molecule has 7 nitrogen and oxygen atoms in total. The van der Waals surface area contributed by atoms with Gasteiger partial charge in [0.2, 0.25) is 0 Å². The number of fused-ring (bicyclic) bond motifs is 2. The Bertz CT molecular complexity index is 1120. The van der Waals surface area contributed by atoms with E-state index in [1.54, 1.807) is 12.1 Å². The third kappa shape index (κ3) is 2.15. The van der Waals surface area contributed by atoms with E-state index >= 15 is 0 Å². The first-order valence-corrected chi connectivity index (χ1v) is 7.71. The van der Waals surface area contributed by atoms with Gasteiger partial charge in [-0.05, 0) is 19.1 Å². The third-order valence-corrected chi connectivity index (χ3v) is 4.57. The highest BCUT2D eigenvalue weighted by molar-refractivity contribution is 7.15. The van der Waals surface area contributed by atoms with Gasteiger partial charge in [0.1, 0.15) is 0 Å². The molecule has 0 aliphatic carbocycles. The molecular formula is C15H11N3O4S. The van der Waals surface area contributed by atoms with Crippen molar-refractivity contribution < 1.29 is 14.3 Å². The molecule has 116 valence electrons. The fraction of sp³-hybridized carbons (Fsp3) is 0.133. The van der Waals surface area contributed by atoms with Crippen molar-refractivity contribution in [1.82, 2.24) is 14.4 Å². The summed E-state index contributed by atoms with van der Waals surface area (Å²) in [5.74, 6) is -1.38. The fourth-order valence-corrected chi connectivity index (χ4v) is 3.64. The number of aromatic amines is 1. The number of aryl methyl sites for hydroxylation is 1.